The Balaban J connectivity index is 2.41. The van der Waals surface area contributed by atoms with Crippen LogP contribution in [-0.4, -0.2) is 43.5 Å². The summed E-state index contributed by atoms with van der Waals surface area (Å²) in [6.07, 6.45) is -0.125. The summed E-state index contributed by atoms with van der Waals surface area (Å²) >= 11 is -0.524. The van der Waals surface area contributed by atoms with E-state index < -0.39 is 27.7 Å². The molecule has 1 rings (SSSR count). The van der Waals surface area contributed by atoms with Gasteiger partial charge in [-0.25, -0.2) is 0 Å². The predicted octanol–water partition coefficient (Wildman–Crippen LogP) is -2.43. The Morgan fingerprint density at radius 1 is 1.62 bits per heavy atom. The van der Waals surface area contributed by atoms with Gasteiger partial charge in [0.05, 0.1) is 0 Å². The molecule has 0 aliphatic carbocycles. The number of halogens is 2. The van der Waals surface area contributed by atoms with Gasteiger partial charge in [-0.3, -0.25) is 0 Å². The molecule has 0 aromatic rings. The molecule has 1 aliphatic heterocycles. The van der Waals surface area contributed by atoms with Crippen LogP contribution in [-0.2, 0) is 0 Å². The molecule has 1 unspecified atom stereocenters. The molecule has 13 heavy (non-hydrogen) atoms. The Labute approximate surface area is 88.7 Å². The number of hydroxylamine groups is 2. The Morgan fingerprint density at radius 2 is 2.31 bits per heavy atom. The second kappa shape index (κ2) is 4.86. The summed E-state index contributed by atoms with van der Waals surface area (Å²) in [7, 11) is 0. The number of aliphatic hydroxyl groups excluding tert-OH is 1. The number of quaternary nitrogens is 1. The normalized spacial score (nSPS) is 40.9. The molecule has 0 saturated carbocycles. The van der Waals surface area contributed by atoms with Crippen molar-refractivity contribution >= 4 is 0 Å². The molecule has 0 amide bonds. The third-order valence-corrected chi connectivity index (χ3v) is 5.50. The molecular weight excluding hydrogens is 288 g/mol. The Morgan fingerprint density at radius 3 is 2.85 bits per heavy atom. The number of hydrogen-bond acceptors (Lipinski definition) is 2. The number of alkyl halides is 2. The zero-order valence-electron chi connectivity index (χ0n) is 7.79. The van der Waals surface area contributed by atoms with Gasteiger partial charge in [0, 0.05) is 0 Å². The summed E-state index contributed by atoms with van der Waals surface area (Å²) in [5, 5.41) is 18.6. The van der Waals surface area contributed by atoms with Crippen LogP contribution in [0.2, 0.25) is 0 Å². The Kier molecular flexibility index (Phi) is 4.34. The van der Waals surface area contributed by atoms with Crippen LogP contribution in [0.4, 0.5) is 4.39 Å². The van der Waals surface area contributed by atoms with Crippen LogP contribution >= 0.6 is 0 Å². The van der Waals surface area contributed by atoms with Crippen molar-refractivity contribution < 1.29 is 39.0 Å². The zero-order chi connectivity index (χ0) is 9.90. The summed E-state index contributed by atoms with van der Waals surface area (Å²) in [5.41, 5.74) is 0. The van der Waals surface area contributed by atoms with Crippen molar-refractivity contribution in [1.82, 2.24) is 0 Å². The fraction of sp³-hybridized carbons (Fsp3) is 1.00. The molecule has 0 bridgehead atoms. The standard InChI is InChI=1S/C8H17FINO2/c1-7-2-4-11(13,6-8(7)9)10-3-5-12/h7-8,12-13H,2-6H2,1H3/t7-,8+,11?/m1/s1. The first-order chi connectivity index (χ1) is 6.07. The van der Waals surface area contributed by atoms with Gasteiger partial charge in [0.2, 0.25) is 0 Å². The van der Waals surface area contributed by atoms with E-state index in [0.717, 1.165) is 6.42 Å². The molecule has 1 heterocycles. The molecule has 1 fully saturated rings. The summed E-state index contributed by atoms with van der Waals surface area (Å²) in [6, 6.07) is 0. The second-order valence-corrected chi connectivity index (χ2v) is 7.10. The first-order valence-electron chi connectivity index (χ1n) is 4.53. The summed E-state index contributed by atoms with van der Waals surface area (Å²) in [6.45, 7) is 2.89. The molecule has 0 radical (unpaired) electrons. The van der Waals surface area contributed by atoms with Crippen LogP contribution < -0.4 is 21.5 Å². The maximum atomic E-state index is 13.3. The fourth-order valence-corrected chi connectivity index (χ4v) is 3.81. The van der Waals surface area contributed by atoms with Gasteiger partial charge in [-0.05, 0) is 0 Å². The fourth-order valence-electron chi connectivity index (χ4n) is 1.42. The molecular formula is C8H17FINO2. The van der Waals surface area contributed by atoms with Gasteiger partial charge in [-0.1, -0.05) is 0 Å². The Bertz CT molecular complexity index is 168. The van der Waals surface area contributed by atoms with Crippen LogP contribution in [0.5, 0.6) is 0 Å². The van der Waals surface area contributed by atoms with E-state index >= 15 is 0 Å². The first-order valence-corrected chi connectivity index (χ1v) is 7.02. The molecule has 0 aromatic carbocycles. The van der Waals surface area contributed by atoms with Crippen LogP contribution in [0.25, 0.3) is 0 Å². The predicted molar refractivity (Wildman–Crippen MR) is 42.4 cm³/mol. The minimum absolute atomic E-state index is 0.0801. The van der Waals surface area contributed by atoms with Crippen molar-refractivity contribution in [1.29, 1.82) is 0 Å². The summed E-state index contributed by atoms with van der Waals surface area (Å²) in [4.78, 5) is 0. The van der Waals surface area contributed by atoms with Gasteiger partial charge in [0.25, 0.3) is 0 Å². The van der Waals surface area contributed by atoms with E-state index in [1.54, 1.807) is 0 Å². The van der Waals surface area contributed by atoms with E-state index in [2.05, 4.69) is 0 Å². The van der Waals surface area contributed by atoms with E-state index in [9.17, 15) is 9.60 Å². The van der Waals surface area contributed by atoms with Gasteiger partial charge < -0.3 is 0 Å². The molecule has 1 aliphatic rings. The van der Waals surface area contributed by atoms with E-state index in [0.29, 0.717) is 11.0 Å². The molecule has 3 nitrogen and oxygen atoms in total. The Hall–Kier alpha value is 0.540. The van der Waals surface area contributed by atoms with Crippen LogP contribution in [0.15, 0.2) is 0 Å². The minimum atomic E-state index is -0.878. The number of piperidine rings is 1. The molecule has 5 heteroatoms. The number of rotatable bonds is 3. The SMILES string of the molecule is C[C@@H]1CC[N+](O)([I-]CCO)C[C@@H]1F. The molecule has 2 N–H and O–H groups in total. The van der Waals surface area contributed by atoms with Crippen molar-refractivity contribution in [2.45, 2.75) is 19.5 Å². The van der Waals surface area contributed by atoms with Crippen molar-refractivity contribution in [3.63, 3.8) is 0 Å². The molecule has 3 atom stereocenters. The molecule has 0 aromatic heterocycles. The maximum absolute atomic E-state index is 13.3. The molecule has 80 valence electrons. The van der Waals surface area contributed by atoms with Crippen molar-refractivity contribution in [3.05, 3.63) is 0 Å². The number of nitrogens with zero attached hydrogens (tertiary/aromatic N) is 1. The molecule has 0 spiro atoms. The van der Waals surface area contributed by atoms with Crippen molar-refractivity contribution in [3.8, 4) is 0 Å². The van der Waals surface area contributed by atoms with Gasteiger partial charge >= 0.3 is 88.6 Å². The van der Waals surface area contributed by atoms with E-state index in [1.165, 1.54) is 0 Å². The second-order valence-electron chi connectivity index (χ2n) is 3.54. The van der Waals surface area contributed by atoms with Gasteiger partial charge in [-0.15, -0.1) is 0 Å². The number of aliphatic hydroxyl groups is 1. The summed E-state index contributed by atoms with van der Waals surface area (Å²) in [5.74, 6) is 0.0801. The average molecular weight is 305 g/mol. The van der Waals surface area contributed by atoms with Gasteiger partial charge in [-0.2, -0.15) is 0 Å². The van der Waals surface area contributed by atoms with Crippen LogP contribution in [0.3, 0.4) is 0 Å². The number of hydrogen-bond donors (Lipinski definition) is 2. The third-order valence-electron chi connectivity index (χ3n) is 2.39. The third kappa shape index (κ3) is 3.30. The van der Waals surface area contributed by atoms with Crippen molar-refractivity contribution in [2.24, 2.45) is 5.92 Å². The topological polar surface area (TPSA) is 40.5 Å². The first kappa shape index (κ1) is 11.6. The monoisotopic (exact) mass is 305 g/mol. The van der Waals surface area contributed by atoms with Crippen molar-refractivity contribution in [2.75, 3.05) is 24.1 Å². The molecule has 1 saturated heterocycles. The summed E-state index contributed by atoms with van der Waals surface area (Å²) < 4.78 is 13.8. The zero-order valence-corrected chi connectivity index (χ0v) is 9.95. The van der Waals surface area contributed by atoms with E-state index in [1.807, 2.05) is 6.92 Å². The van der Waals surface area contributed by atoms with E-state index in [-0.39, 0.29) is 21.9 Å². The van der Waals surface area contributed by atoms with Gasteiger partial charge in [0.1, 0.15) is 0 Å². The van der Waals surface area contributed by atoms with E-state index in [4.69, 9.17) is 5.11 Å². The van der Waals surface area contributed by atoms with Gasteiger partial charge in [0.15, 0.2) is 0 Å². The average Bonchev–Trinajstić information content (AvgIpc) is 2.09. The van der Waals surface area contributed by atoms with Crippen LogP contribution in [0.1, 0.15) is 13.3 Å². The quantitative estimate of drug-likeness (QED) is 0.346. The van der Waals surface area contributed by atoms with Crippen LogP contribution in [0, 0.1) is 5.92 Å².